The first kappa shape index (κ1) is 13.7. The Hall–Kier alpha value is -2.26. The maximum absolute atomic E-state index is 6.37. The Bertz CT molecular complexity index is 774. The standard InChI is InChI=1S/C18H20N2O/c1-12-7-8-16-14(9-12)11-17(21-16)18(19)13-5-4-6-15(10-13)20(2)3/h4-11,18H,19H2,1-3H3. The van der Waals surface area contributed by atoms with E-state index in [1.807, 2.05) is 44.4 Å². The van der Waals surface area contributed by atoms with E-state index in [2.05, 4.69) is 30.0 Å². The monoisotopic (exact) mass is 280 g/mol. The smallest absolute Gasteiger partial charge is 0.134 e. The molecule has 0 spiro atoms. The molecule has 0 saturated carbocycles. The van der Waals surface area contributed by atoms with Crippen LogP contribution in [0.15, 0.2) is 52.9 Å². The zero-order valence-corrected chi connectivity index (χ0v) is 12.6. The van der Waals surface area contributed by atoms with E-state index in [1.165, 1.54) is 5.56 Å². The Morgan fingerprint density at radius 1 is 1.05 bits per heavy atom. The summed E-state index contributed by atoms with van der Waals surface area (Å²) in [6, 6.07) is 16.2. The summed E-state index contributed by atoms with van der Waals surface area (Å²) in [6.45, 7) is 2.08. The van der Waals surface area contributed by atoms with E-state index in [0.29, 0.717) is 0 Å². The first-order valence-electron chi connectivity index (χ1n) is 7.07. The van der Waals surface area contributed by atoms with Gasteiger partial charge in [0.15, 0.2) is 0 Å². The van der Waals surface area contributed by atoms with Gasteiger partial charge in [-0.3, -0.25) is 0 Å². The van der Waals surface area contributed by atoms with Gasteiger partial charge in [-0.2, -0.15) is 0 Å². The van der Waals surface area contributed by atoms with Gasteiger partial charge >= 0.3 is 0 Å². The second-order valence-corrected chi connectivity index (χ2v) is 5.66. The summed E-state index contributed by atoms with van der Waals surface area (Å²) >= 11 is 0. The Labute approximate surface area is 125 Å². The summed E-state index contributed by atoms with van der Waals surface area (Å²) < 4.78 is 5.90. The minimum absolute atomic E-state index is 0.252. The maximum Gasteiger partial charge on any atom is 0.134 e. The van der Waals surface area contributed by atoms with Crippen molar-refractivity contribution in [2.75, 3.05) is 19.0 Å². The summed E-state index contributed by atoms with van der Waals surface area (Å²) in [5.74, 6) is 0.798. The Morgan fingerprint density at radius 3 is 2.62 bits per heavy atom. The molecule has 0 saturated heterocycles. The van der Waals surface area contributed by atoms with Crippen molar-refractivity contribution in [1.82, 2.24) is 0 Å². The van der Waals surface area contributed by atoms with Gasteiger partial charge in [-0.25, -0.2) is 0 Å². The summed E-state index contributed by atoms with van der Waals surface area (Å²) in [5, 5.41) is 1.10. The normalized spacial score (nSPS) is 12.6. The quantitative estimate of drug-likeness (QED) is 0.792. The van der Waals surface area contributed by atoms with Crippen LogP contribution in [0, 0.1) is 6.92 Å². The van der Waals surface area contributed by atoms with E-state index in [0.717, 1.165) is 28.0 Å². The van der Waals surface area contributed by atoms with Gasteiger partial charge in [0.25, 0.3) is 0 Å². The van der Waals surface area contributed by atoms with Gasteiger partial charge in [-0.1, -0.05) is 23.8 Å². The van der Waals surface area contributed by atoms with Crippen LogP contribution in [0.2, 0.25) is 0 Å². The summed E-state index contributed by atoms with van der Waals surface area (Å²) in [4.78, 5) is 2.07. The predicted octanol–water partition coefficient (Wildman–Crippen LogP) is 3.86. The average molecular weight is 280 g/mol. The minimum Gasteiger partial charge on any atom is -0.459 e. The van der Waals surface area contributed by atoms with Gasteiger partial charge in [0, 0.05) is 25.2 Å². The van der Waals surface area contributed by atoms with Crippen LogP contribution in [0.5, 0.6) is 0 Å². The molecule has 1 atom stereocenters. The van der Waals surface area contributed by atoms with Crippen LogP contribution in [-0.2, 0) is 0 Å². The predicted molar refractivity (Wildman–Crippen MR) is 87.8 cm³/mol. The molecule has 3 nitrogen and oxygen atoms in total. The van der Waals surface area contributed by atoms with Gasteiger partial charge in [0.05, 0.1) is 6.04 Å². The Morgan fingerprint density at radius 2 is 1.86 bits per heavy atom. The molecule has 0 radical (unpaired) electrons. The van der Waals surface area contributed by atoms with Crippen LogP contribution in [-0.4, -0.2) is 14.1 Å². The number of rotatable bonds is 3. The van der Waals surface area contributed by atoms with Crippen molar-refractivity contribution < 1.29 is 4.42 Å². The van der Waals surface area contributed by atoms with Gasteiger partial charge in [-0.15, -0.1) is 0 Å². The van der Waals surface area contributed by atoms with Crippen molar-refractivity contribution in [3.8, 4) is 0 Å². The Kier molecular flexibility index (Phi) is 3.43. The van der Waals surface area contributed by atoms with E-state index >= 15 is 0 Å². The Balaban J connectivity index is 1.99. The number of nitrogens with zero attached hydrogens (tertiary/aromatic N) is 1. The van der Waals surface area contributed by atoms with E-state index in [1.54, 1.807) is 0 Å². The molecule has 2 N–H and O–H groups in total. The SMILES string of the molecule is Cc1ccc2oc(C(N)c3cccc(N(C)C)c3)cc2c1. The third-order valence-electron chi connectivity index (χ3n) is 3.74. The fourth-order valence-corrected chi connectivity index (χ4v) is 2.50. The number of fused-ring (bicyclic) bond motifs is 1. The lowest BCUT2D eigenvalue weighted by atomic mass is 10.0. The highest BCUT2D eigenvalue weighted by Gasteiger charge is 2.15. The number of furan rings is 1. The van der Waals surface area contributed by atoms with E-state index in [4.69, 9.17) is 10.2 Å². The van der Waals surface area contributed by atoms with E-state index < -0.39 is 0 Å². The highest BCUT2D eigenvalue weighted by atomic mass is 16.3. The zero-order chi connectivity index (χ0) is 15.0. The summed E-state index contributed by atoms with van der Waals surface area (Å²) in [7, 11) is 4.04. The van der Waals surface area contributed by atoms with E-state index in [-0.39, 0.29) is 6.04 Å². The molecule has 3 aromatic rings. The molecule has 0 aliphatic carbocycles. The van der Waals surface area contributed by atoms with Gasteiger partial charge < -0.3 is 15.1 Å². The summed E-state index contributed by atoms with van der Waals surface area (Å²) in [6.07, 6.45) is 0. The first-order valence-corrected chi connectivity index (χ1v) is 7.07. The highest BCUT2D eigenvalue weighted by molar-refractivity contribution is 5.79. The number of benzene rings is 2. The molecule has 0 amide bonds. The average Bonchev–Trinajstić information content (AvgIpc) is 2.89. The highest BCUT2D eigenvalue weighted by Crippen LogP contribution is 2.28. The fraction of sp³-hybridized carbons (Fsp3) is 0.222. The van der Waals surface area contributed by atoms with Crippen molar-refractivity contribution in [2.24, 2.45) is 5.73 Å². The molecule has 0 bridgehead atoms. The molecule has 1 aromatic heterocycles. The molecular weight excluding hydrogens is 260 g/mol. The lowest BCUT2D eigenvalue weighted by Crippen LogP contribution is -2.13. The number of anilines is 1. The van der Waals surface area contributed by atoms with Gasteiger partial charge in [-0.05, 0) is 42.8 Å². The van der Waals surface area contributed by atoms with Crippen LogP contribution < -0.4 is 10.6 Å². The zero-order valence-electron chi connectivity index (χ0n) is 12.6. The first-order chi connectivity index (χ1) is 10.0. The molecule has 3 heteroatoms. The lowest BCUT2D eigenvalue weighted by Gasteiger charge is -2.15. The van der Waals surface area contributed by atoms with Crippen molar-refractivity contribution in [2.45, 2.75) is 13.0 Å². The third-order valence-corrected chi connectivity index (χ3v) is 3.74. The van der Waals surface area contributed by atoms with Crippen LogP contribution in [0.3, 0.4) is 0 Å². The van der Waals surface area contributed by atoms with Gasteiger partial charge in [0.2, 0.25) is 0 Å². The second kappa shape index (κ2) is 5.26. The molecule has 0 aliphatic heterocycles. The molecular formula is C18H20N2O. The number of aryl methyl sites for hydroxylation is 1. The lowest BCUT2D eigenvalue weighted by molar-refractivity contribution is 0.525. The molecule has 108 valence electrons. The molecule has 3 rings (SSSR count). The number of nitrogens with two attached hydrogens (primary N) is 1. The third kappa shape index (κ3) is 2.65. The van der Waals surface area contributed by atoms with Crippen LogP contribution >= 0.6 is 0 Å². The number of hydrogen-bond donors (Lipinski definition) is 1. The molecule has 0 fully saturated rings. The molecule has 1 unspecified atom stereocenters. The second-order valence-electron chi connectivity index (χ2n) is 5.66. The van der Waals surface area contributed by atoms with Crippen molar-refractivity contribution in [3.05, 3.63) is 65.4 Å². The molecule has 2 aromatic carbocycles. The molecule has 1 heterocycles. The van der Waals surface area contributed by atoms with Crippen LogP contribution in [0.25, 0.3) is 11.0 Å². The van der Waals surface area contributed by atoms with E-state index in [9.17, 15) is 0 Å². The van der Waals surface area contributed by atoms with Gasteiger partial charge in [0.1, 0.15) is 11.3 Å². The topological polar surface area (TPSA) is 42.4 Å². The number of hydrogen-bond acceptors (Lipinski definition) is 3. The van der Waals surface area contributed by atoms with Crippen LogP contribution in [0.1, 0.15) is 22.9 Å². The van der Waals surface area contributed by atoms with Crippen LogP contribution in [0.4, 0.5) is 5.69 Å². The van der Waals surface area contributed by atoms with Crippen molar-refractivity contribution in [3.63, 3.8) is 0 Å². The maximum atomic E-state index is 6.37. The van der Waals surface area contributed by atoms with Crippen molar-refractivity contribution >= 4 is 16.7 Å². The fourth-order valence-electron chi connectivity index (χ4n) is 2.50. The largest absolute Gasteiger partial charge is 0.459 e. The minimum atomic E-state index is -0.252. The summed E-state index contributed by atoms with van der Waals surface area (Å²) in [5.41, 5.74) is 10.7. The van der Waals surface area contributed by atoms with Crippen molar-refractivity contribution in [1.29, 1.82) is 0 Å². The molecule has 21 heavy (non-hydrogen) atoms. The molecule has 0 aliphatic rings.